The Balaban J connectivity index is 1.83. The molecule has 5 nitrogen and oxygen atoms in total. The van der Waals surface area contributed by atoms with Crippen LogP contribution in [0.15, 0.2) is 0 Å². The Bertz CT molecular complexity index is 574. The van der Waals surface area contributed by atoms with Crippen molar-refractivity contribution >= 4 is 0 Å². The molecule has 25 heavy (non-hydrogen) atoms. The van der Waals surface area contributed by atoms with E-state index in [-0.39, 0.29) is 23.7 Å². The first kappa shape index (κ1) is 18.2. The van der Waals surface area contributed by atoms with E-state index in [1.165, 1.54) is 0 Å². The summed E-state index contributed by atoms with van der Waals surface area (Å²) in [6.45, 7) is 7.59. The first-order valence-electron chi connectivity index (χ1n) is 9.88. The molecule has 0 heterocycles. The second-order valence-electron chi connectivity index (χ2n) is 10.5. The Hall–Kier alpha value is -0.200. The van der Waals surface area contributed by atoms with Gasteiger partial charge in [-0.3, -0.25) is 0 Å². The summed E-state index contributed by atoms with van der Waals surface area (Å²) in [6.07, 6.45) is 0.606. The van der Waals surface area contributed by atoms with Crippen molar-refractivity contribution < 1.29 is 25.5 Å². The second kappa shape index (κ2) is 4.99. The zero-order valence-electron chi connectivity index (χ0n) is 15.8. The molecular weight excluding hydrogens is 320 g/mol. The molecule has 4 fully saturated rings. The van der Waals surface area contributed by atoms with E-state index in [0.29, 0.717) is 19.3 Å². The first-order chi connectivity index (χ1) is 11.4. The minimum atomic E-state index is -1.37. The maximum Gasteiger partial charge on any atom is 0.101 e. The molecule has 0 radical (unpaired) electrons. The van der Waals surface area contributed by atoms with Crippen LogP contribution in [0.3, 0.4) is 0 Å². The molecule has 5 N–H and O–H groups in total. The van der Waals surface area contributed by atoms with Crippen molar-refractivity contribution in [3.8, 4) is 0 Å². The standard InChI is InChI=1S/C20H34O5/c1-10-11-5-6-12-16(23)19(11,9-18(12,4)24)8-15(22)20(25)13(10)7-14(21)17(20,2)3/h10-16,21-25H,5-9H2,1-4H3/t10-,11-,12+,13-,14-,15+,16?,18+,19-,20-/m0/s1. The summed E-state index contributed by atoms with van der Waals surface area (Å²) in [6, 6.07) is 0. The summed E-state index contributed by atoms with van der Waals surface area (Å²) < 4.78 is 0. The van der Waals surface area contributed by atoms with Crippen LogP contribution < -0.4 is 0 Å². The van der Waals surface area contributed by atoms with Gasteiger partial charge in [-0.15, -0.1) is 0 Å². The lowest BCUT2D eigenvalue weighted by molar-refractivity contribution is -0.178. The van der Waals surface area contributed by atoms with Crippen LogP contribution in [0.2, 0.25) is 0 Å². The van der Waals surface area contributed by atoms with E-state index in [4.69, 9.17) is 0 Å². The predicted molar refractivity (Wildman–Crippen MR) is 92.5 cm³/mol. The van der Waals surface area contributed by atoms with E-state index in [2.05, 4.69) is 6.92 Å². The van der Waals surface area contributed by atoms with Crippen molar-refractivity contribution in [2.24, 2.45) is 34.5 Å². The lowest BCUT2D eigenvalue weighted by Gasteiger charge is -2.47. The van der Waals surface area contributed by atoms with Gasteiger partial charge in [0.1, 0.15) is 5.60 Å². The molecule has 1 unspecified atom stereocenters. The van der Waals surface area contributed by atoms with Crippen LogP contribution >= 0.6 is 0 Å². The van der Waals surface area contributed by atoms with Crippen molar-refractivity contribution in [3.05, 3.63) is 0 Å². The van der Waals surface area contributed by atoms with E-state index in [1.807, 2.05) is 20.8 Å². The normalized spacial score (nSPS) is 63.0. The average Bonchev–Trinajstić information content (AvgIpc) is 2.71. The van der Waals surface area contributed by atoms with Gasteiger partial charge in [0.15, 0.2) is 0 Å². The van der Waals surface area contributed by atoms with Gasteiger partial charge >= 0.3 is 0 Å². The van der Waals surface area contributed by atoms with Gasteiger partial charge < -0.3 is 25.5 Å². The molecule has 0 aromatic carbocycles. The number of hydrogen-bond acceptors (Lipinski definition) is 5. The highest BCUT2D eigenvalue weighted by Crippen LogP contribution is 2.68. The van der Waals surface area contributed by atoms with Crippen molar-refractivity contribution in [1.29, 1.82) is 0 Å². The van der Waals surface area contributed by atoms with Gasteiger partial charge in [-0.25, -0.2) is 0 Å². The fourth-order valence-electron chi connectivity index (χ4n) is 7.79. The van der Waals surface area contributed by atoms with Gasteiger partial charge in [0.25, 0.3) is 0 Å². The third-order valence-electron chi connectivity index (χ3n) is 9.24. The van der Waals surface area contributed by atoms with E-state index in [0.717, 1.165) is 12.8 Å². The Kier molecular flexibility index (Phi) is 3.63. The molecule has 0 aliphatic heterocycles. The summed E-state index contributed by atoms with van der Waals surface area (Å²) >= 11 is 0. The molecule has 4 aliphatic rings. The minimum Gasteiger partial charge on any atom is -0.392 e. The third-order valence-corrected chi connectivity index (χ3v) is 9.24. The molecule has 1 spiro atoms. The quantitative estimate of drug-likeness (QED) is 0.448. The van der Waals surface area contributed by atoms with Crippen molar-refractivity contribution in [3.63, 3.8) is 0 Å². The zero-order chi connectivity index (χ0) is 18.6. The van der Waals surface area contributed by atoms with Gasteiger partial charge in [-0.2, -0.15) is 0 Å². The Morgan fingerprint density at radius 2 is 1.44 bits per heavy atom. The molecule has 5 heteroatoms. The van der Waals surface area contributed by atoms with Crippen LogP contribution in [0.25, 0.3) is 0 Å². The summed E-state index contributed by atoms with van der Waals surface area (Å²) in [4.78, 5) is 0. The highest BCUT2D eigenvalue weighted by molar-refractivity contribution is 5.22. The lowest BCUT2D eigenvalue weighted by Crippen LogP contribution is -2.57. The van der Waals surface area contributed by atoms with E-state index >= 15 is 0 Å². The molecule has 144 valence electrons. The molecule has 0 amide bonds. The van der Waals surface area contributed by atoms with Crippen molar-refractivity contribution in [2.45, 2.75) is 89.3 Å². The number of hydrogen-bond donors (Lipinski definition) is 5. The van der Waals surface area contributed by atoms with Gasteiger partial charge in [-0.1, -0.05) is 20.8 Å². The van der Waals surface area contributed by atoms with Crippen LogP contribution in [0.5, 0.6) is 0 Å². The van der Waals surface area contributed by atoms with E-state index in [1.54, 1.807) is 0 Å². The predicted octanol–water partition coefficient (Wildman–Crippen LogP) is 1.05. The van der Waals surface area contributed by atoms with Gasteiger partial charge in [0.05, 0.1) is 23.9 Å². The second-order valence-corrected chi connectivity index (χ2v) is 10.5. The molecule has 0 aromatic rings. The van der Waals surface area contributed by atoms with Crippen molar-refractivity contribution in [1.82, 2.24) is 0 Å². The Labute approximate surface area is 150 Å². The number of aliphatic hydroxyl groups is 5. The highest BCUT2D eigenvalue weighted by Gasteiger charge is 2.72. The SMILES string of the molecule is C[C@H]1[C@@H]2CC[C@@H]3C(O)[C@@]2(C[C@@H](O)[C@@]2(O)[C@H]1C[C@H](O)C2(C)C)C[C@@]3(C)O. The van der Waals surface area contributed by atoms with Crippen LogP contribution in [-0.4, -0.2) is 55.0 Å². The third kappa shape index (κ3) is 1.92. The fourth-order valence-corrected chi connectivity index (χ4v) is 7.79. The summed E-state index contributed by atoms with van der Waals surface area (Å²) in [7, 11) is 0. The number of fused-ring (bicyclic) bond motifs is 2. The van der Waals surface area contributed by atoms with E-state index < -0.39 is 40.3 Å². The lowest BCUT2D eigenvalue weighted by atomic mass is 9.59. The van der Waals surface area contributed by atoms with Crippen LogP contribution in [0.4, 0.5) is 0 Å². The molecule has 4 rings (SSSR count). The largest absolute Gasteiger partial charge is 0.392 e. The zero-order valence-corrected chi connectivity index (χ0v) is 15.8. The maximum absolute atomic E-state index is 11.7. The minimum absolute atomic E-state index is 0.0723. The number of aliphatic hydroxyl groups excluding tert-OH is 3. The summed E-state index contributed by atoms with van der Waals surface area (Å²) in [5, 5.41) is 55.4. The Morgan fingerprint density at radius 3 is 2.08 bits per heavy atom. The smallest absolute Gasteiger partial charge is 0.101 e. The number of rotatable bonds is 0. The summed E-state index contributed by atoms with van der Waals surface area (Å²) in [5.74, 6) is -0.147. The maximum atomic E-state index is 11.7. The molecule has 10 atom stereocenters. The highest BCUT2D eigenvalue weighted by atomic mass is 16.4. The topological polar surface area (TPSA) is 101 Å². The van der Waals surface area contributed by atoms with E-state index in [9.17, 15) is 25.5 Å². The molecule has 0 saturated heterocycles. The van der Waals surface area contributed by atoms with Gasteiger partial charge in [0.2, 0.25) is 0 Å². The Morgan fingerprint density at radius 1 is 0.840 bits per heavy atom. The molecule has 4 aliphatic carbocycles. The van der Waals surface area contributed by atoms with Crippen LogP contribution in [-0.2, 0) is 0 Å². The first-order valence-corrected chi connectivity index (χ1v) is 9.88. The molecule has 4 saturated carbocycles. The molecule has 2 bridgehead atoms. The molecule has 0 aromatic heterocycles. The van der Waals surface area contributed by atoms with Gasteiger partial charge in [-0.05, 0) is 56.8 Å². The van der Waals surface area contributed by atoms with Crippen molar-refractivity contribution in [2.75, 3.05) is 0 Å². The summed E-state index contributed by atoms with van der Waals surface area (Å²) in [5.41, 5.74) is -3.65. The monoisotopic (exact) mass is 354 g/mol. The fraction of sp³-hybridized carbons (Fsp3) is 1.00. The van der Waals surface area contributed by atoms with Gasteiger partial charge in [0, 0.05) is 16.7 Å². The van der Waals surface area contributed by atoms with Crippen LogP contribution in [0, 0.1) is 34.5 Å². The average molecular weight is 354 g/mol. The molecular formula is C20H34O5. The van der Waals surface area contributed by atoms with Crippen LogP contribution in [0.1, 0.15) is 59.8 Å².